The minimum Gasteiger partial charge on any atom is -0.325 e. The van der Waals surface area contributed by atoms with Crippen molar-refractivity contribution in [1.29, 1.82) is 0 Å². The first-order valence-electron chi connectivity index (χ1n) is 6.38. The Labute approximate surface area is 120 Å². The van der Waals surface area contributed by atoms with Gasteiger partial charge in [-0.15, -0.1) is 0 Å². The smallest absolute Gasteiger partial charge is 0.242 e. The van der Waals surface area contributed by atoms with Crippen LogP contribution in [-0.2, 0) is 14.8 Å². The monoisotopic (exact) mass is 299 g/mol. The number of nitrogens with zero attached hydrogens (tertiary/aromatic N) is 1. The first-order chi connectivity index (χ1) is 9.28. The normalized spacial score (nSPS) is 13.2. The first-order valence-corrected chi connectivity index (χ1v) is 7.82. The van der Waals surface area contributed by atoms with Gasteiger partial charge in [0.05, 0.1) is 10.9 Å². The van der Waals surface area contributed by atoms with Crippen molar-refractivity contribution < 1.29 is 13.2 Å². The Morgan fingerprint density at radius 1 is 1.30 bits per heavy atom. The molecular formula is C13H21N3O3S. The van der Waals surface area contributed by atoms with E-state index in [1.165, 1.54) is 26.2 Å². The van der Waals surface area contributed by atoms with Gasteiger partial charge in [-0.3, -0.25) is 4.79 Å². The van der Waals surface area contributed by atoms with E-state index in [1.54, 1.807) is 12.1 Å². The van der Waals surface area contributed by atoms with Gasteiger partial charge in [0.1, 0.15) is 0 Å². The van der Waals surface area contributed by atoms with Crippen LogP contribution in [0.15, 0.2) is 29.2 Å². The van der Waals surface area contributed by atoms with Gasteiger partial charge in [-0.2, -0.15) is 0 Å². The van der Waals surface area contributed by atoms with E-state index < -0.39 is 16.1 Å². The summed E-state index contributed by atoms with van der Waals surface area (Å²) >= 11 is 0. The van der Waals surface area contributed by atoms with Crippen molar-refractivity contribution in [2.24, 2.45) is 5.73 Å². The molecule has 1 aromatic rings. The summed E-state index contributed by atoms with van der Waals surface area (Å²) in [5, 5.41) is 2.66. The number of carbonyl (C=O) groups excluding carboxylic acids is 1. The van der Waals surface area contributed by atoms with Crippen LogP contribution in [0.4, 0.5) is 5.69 Å². The van der Waals surface area contributed by atoms with E-state index in [-0.39, 0.29) is 10.8 Å². The summed E-state index contributed by atoms with van der Waals surface area (Å²) < 4.78 is 24.9. The van der Waals surface area contributed by atoms with E-state index in [4.69, 9.17) is 5.73 Å². The summed E-state index contributed by atoms with van der Waals surface area (Å²) in [5.74, 6) is -0.268. The lowest BCUT2D eigenvalue weighted by Crippen LogP contribution is -2.35. The summed E-state index contributed by atoms with van der Waals surface area (Å²) in [6.45, 7) is 1.95. The zero-order valence-electron chi connectivity index (χ0n) is 12.0. The number of benzene rings is 1. The summed E-state index contributed by atoms with van der Waals surface area (Å²) in [4.78, 5) is 11.9. The lowest BCUT2D eigenvalue weighted by Gasteiger charge is -2.13. The zero-order chi connectivity index (χ0) is 15.3. The van der Waals surface area contributed by atoms with E-state index in [1.807, 2.05) is 6.92 Å². The van der Waals surface area contributed by atoms with E-state index in [2.05, 4.69) is 5.32 Å². The lowest BCUT2D eigenvalue weighted by atomic mass is 10.1. The molecule has 0 radical (unpaired) electrons. The largest absolute Gasteiger partial charge is 0.325 e. The highest BCUT2D eigenvalue weighted by Crippen LogP contribution is 2.16. The second-order valence-corrected chi connectivity index (χ2v) is 6.85. The third-order valence-corrected chi connectivity index (χ3v) is 4.67. The second-order valence-electron chi connectivity index (χ2n) is 4.70. The molecule has 7 heteroatoms. The molecule has 6 nitrogen and oxygen atoms in total. The number of amides is 1. The van der Waals surface area contributed by atoms with Crippen molar-refractivity contribution in [2.75, 3.05) is 19.4 Å². The average Bonchev–Trinajstić information content (AvgIpc) is 2.39. The number of carbonyl (C=O) groups is 1. The maximum absolute atomic E-state index is 11.9. The minimum absolute atomic E-state index is 0.179. The number of rotatable bonds is 6. The van der Waals surface area contributed by atoms with Gasteiger partial charge >= 0.3 is 0 Å². The molecule has 0 heterocycles. The molecule has 0 aromatic heterocycles. The minimum atomic E-state index is -3.45. The number of nitrogens with one attached hydrogen (secondary N) is 1. The first kappa shape index (κ1) is 16.6. The Morgan fingerprint density at radius 3 is 2.30 bits per heavy atom. The van der Waals surface area contributed by atoms with Crippen molar-refractivity contribution in [1.82, 2.24) is 4.31 Å². The third-order valence-electron chi connectivity index (χ3n) is 2.84. The molecule has 0 aliphatic heterocycles. The number of nitrogens with two attached hydrogens (primary N) is 1. The van der Waals surface area contributed by atoms with Crippen LogP contribution in [0, 0.1) is 0 Å². The van der Waals surface area contributed by atoms with Gasteiger partial charge in [0.25, 0.3) is 0 Å². The van der Waals surface area contributed by atoms with Gasteiger partial charge in [0, 0.05) is 19.8 Å². The Morgan fingerprint density at radius 2 is 1.85 bits per heavy atom. The van der Waals surface area contributed by atoms with Gasteiger partial charge < -0.3 is 11.1 Å². The average molecular weight is 299 g/mol. The standard InChI is InChI=1S/C13H21N3O3S/c1-4-5-12(14)13(17)15-10-6-8-11(9-7-10)20(18,19)16(2)3/h6-9,12H,4-5,14H2,1-3H3,(H,15,17)/t12-/m1/s1. The van der Waals surface area contributed by atoms with Crippen molar-refractivity contribution in [3.8, 4) is 0 Å². The highest BCUT2D eigenvalue weighted by molar-refractivity contribution is 7.89. The molecule has 1 amide bonds. The number of sulfonamides is 1. The molecule has 1 rings (SSSR count). The molecule has 3 N–H and O–H groups in total. The Bertz CT molecular complexity index is 553. The summed E-state index contributed by atoms with van der Waals surface area (Å²) in [6, 6.07) is 5.46. The third kappa shape index (κ3) is 4.03. The fourth-order valence-corrected chi connectivity index (χ4v) is 2.50. The molecule has 0 saturated heterocycles. The fraction of sp³-hybridized carbons (Fsp3) is 0.462. The lowest BCUT2D eigenvalue weighted by molar-refractivity contribution is -0.117. The van der Waals surface area contributed by atoms with Crippen molar-refractivity contribution in [2.45, 2.75) is 30.7 Å². The van der Waals surface area contributed by atoms with Crippen molar-refractivity contribution in [3.05, 3.63) is 24.3 Å². The van der Waals surface area contributed by atoms with Crippen LogP contribution in [0.3, 0.4) is 0 Å². The van der Waals surface area contributed by atoms with Crippen LogP contribution in [-0.4, -0.2) is 38.8 Å². The van der Waals surface area contributed by atoms with Crippen LogP contribution in [0.25, 0.3) is 0 Å². The number of anilines is 1. The molecule has 0 aliphatic carbocycles. The van der Waals surface area contributed by atoms with E-state index in [0.29, 0.717) is 12.1 Å². The van der Waals surface area contributed by atoms with Gasteiger partial charge in [0.15, 0.2) is 0 Å². The van der Waals surface area contributed by atoms with Crippen LogP contribution in [0.1, 0.15) is 19.8 Å². The quantitative estimate of drug-likeness (QED) is 0.819. The van der Waals surface area contributed by atoms with Crippen molar-refractivity contribution >= 4 is 21.6 Å². The highest BCUT2D eigenvalue weighted by atomic mass is 32.2. The van der Waals surface area contributed by atoms with Gasteiger partial charge in [-0.05, 0) is 30.7 Å². The Balaban J connectivity index is 2.80. The summed E-state index contributed by atoms with van der Waals surface area (Å²) in [5.41, 5.74) is 6.23. The van der Waals surface area contributed by atoms with Crippen LogP contribution in [0.5, 0.6) is 0 Å². The SMILES string of the molecule is CCC[C@@H](N)C(=O)Nc1ccc(S(=O)(=O)N(C)C)cc1. The maximum atomic E-state index is 11.9. The van der Waals surface area contributed by atoms with Crippen LogP contribution < -0.4 is 11.1 Å². The van der Waals surface area contributed by atoms with Crippen molar-refractivity contribution in [3.63, 3.8) is 0 Å². The molecule has 1 aromatic carbocycles. The molecule has 0 spiro atoms. The molecular weight excluding hydrogens is 278 g/mol. The van der Waals surface area contributed by atoms with Crippen LogP contribution >= 0.6 is 0 Å². The van der Waals surface area contributed by atoms with E-state index in [0.717, 1.165) is 10.7 Å². The molecule has 0 aliphatic rings. The van der Waals surface area contributed by atoms with E-state index in [9.17, 15) is 13.2 Å². The number of hydrogen-bond donors (Lipinski definition) is 2. The number of hydrogen-bond acceptors (Lipinski definition) is 4. The molecule has 112 valence electrons. The Hall–Kier alpha value is -1.44. The molecule has 0 fully saturated rings. The van der Waals surface area contributed by atoms with E-state index >= 15 is 0 Å². The molecule has 0 saturated carbocycles. The second kappa shape index (κ2) is 6.83. The van der Waals surface area contributed by atoms with Gasteiger partial charge in [-0.25, -0.2) is 12.7 Å². The molecule has 0 bridgehead atoms. The summed E-state index contributed by atoms with van der Waals surface area (Å²) in [6.07, 6.45) is 1.44. The fourth-order valence-electron chi connectivity index (χ4n) is 1.60. The maximum Gasteiger partial charge on any atom is 0.242 e. The predicted molar refractivity (Wildman–Crippen MR) is 78.8 cm³/mol. The predicted octanol–water partition coefficient (Wildman–Crippen LogP) is 1.00. The Kier molecular flexibility index (Phi) is 5.67. The summed E-state index contributed by atoms with van der Waals surface area (Å²) in [7, 11) is -0.517. The molecule has 1 atom stereocenters. The van der Waals surface area contributed by atoms with Gasteiger partial charge in [-0.1, -0.05) is 13.3 Å². The highest BCUT2D eigenvalue weighted by Gasteiger charge is 2.17. The van der Waals surface area contributed by atoms with Crippen LogP contribution in [0.2, 0.25) is 0 Å². The topological polar surface area (TPSA) is 92.5 Å². The van der Waals surface area contributed by atoms with Gasteiger partial charge in [0.2, 0.25) is 15.9 Å². The zero-order valence-corrected chi connectivity index (χ0v) is 12.8. The molecule has 20 heavy (non-hydrogen) atoms. The molecule has 0 unspecified atom stereocenters.